The first kappa shape index (κ1) is 17.5. The molecule has 0 radical (unpaired) electrons. The van der Waals surface area contributed by atoms with E-state index in [9.17, 15) is 4.79 Å². The van der Waals surface area contributed by atoms with Gasteiger partial charge in [-0.05, 0) is 49.8 Å². The molecule has 0 unspecified atom stereocenters. The van der Waals surface area contributed by atoms with Crippen LogP contribution in [0.4, 0.5) is 5.69 Å². The Bertz CT molecular complexity index is 941. The van der Waals surface area contributed by atoms with E-state index in [1.54, 1.807) is 6.20 Å². The highest BCUT2D eigenvalue weighted by molar-refractivity contribution is 5.91. The summed E-state index contributed by atoms with van der Waals surface area (Å²) in [5.41, 5.74) is 5.84. The van der Waals surface area contributed by atoms with E-state index in [2.05, 4.69) is 23.3 Å². The summed E-state index contributed by atoms with van der Waals surface area (Å²) in [7, 11) is 0. The molecule has 1 amide bonds. The van der Waals surface area contributed by atoms with Crippen LogP contribution in [-0.2, 0) is 24.1 Å². The molecule has 1 N–H and O–H groups in total. The first-order chi connectivity index (χ1) is 13.2. The highest BCUT2D eigenvalue weighted by atomic mass is 16.4. The van der Waals surface area contributed by atoms with Crippen molar-refractivity contribution in [3.05, 3.63) is 71.2 Å². The lowest BCUT2D eigenvalue weighted by Gasteiger charge is -2.19. The van der Waals surface area contributed by atoms with Gasteiger partial charge >= 0.3 is 0 Å². The normalized spacial score (nSPS) is 13.2. The Labute approximate surface area is 159 Å². The molecule has 2 aromatic carbocycles. The molecule has 0 bridgehead atoms. The number of anilines is 1. The van der Waals surface area contributed by atoms with Crippen LogP contribution in [0.25, 0.3) is 11.3 Å². The molecule has 138 valence electrons. The predicted octanol–water partition coefficient (Wildman–Crippen LogP) is 5.10. The number of hydrogen-bond donors (Lipinski definition) is 1. The number of carbonyl (C=O) groups is 1. The maximum Gasteiger partial charge on any atom is 0.224 e. The fraction of sp³-hybridized carbons (Fsp3) is 0.304. The number of benzene rings is 2. The Morgan fingerprint density at radius 3 is 2.78 bits per heavy atom. The molecule has 4 rings (SSSR count). The van der Waals surface area contributed by atoms with E-state index in [1.807, 2.05) is 36.4 Å². The number of oxazole rings is 1. The third-order valence-corrected chi connectivity index (χ3v) is 5.13. The minimum atomic E-state index is 0.00376. The lowest BCUT2D eigenvalue weighted by molar-refractivity contribution is -0.116. The van der Waals surface area contributed by atoms with Gasteiger partial charge in [-0.15, -0.1) is 0 Å². The van der Waals surface area contributed by atoms with Gasteiger partial charge in [0.15, 0.2) is 11.7 Å². The summed E-state index contributed by atoms with van der Waals surface area (Å²) in [5.74, 6) is 1.34. The smallest absolute Gasteiger partial charge is 0.224 e. The summed E-state index contributed by atoms with van der Waals surface area (Å²) in [5, 5.41) is 3.08. The summed E-state index contributed by atoms with van der Waals surface area (Å²) in [6, 6.07) is 14.3. The molecule has 0 fully saturated rings. The van der Waals surface area contributed by atoms with Gasteiger partial charge in [-0.25, -0.2) is 4.98 Å². The number of aryl methyl sites for hydroxylation is 3. The average molecular weight is 360 g/mol. The zero-order valence-corrected chi connectivity index (χ0v) is 15.6. The van der Waals surface area contributed by atoms with Gasteiger partial charge in [-0.2, -0.15) is 0 Å². The summed E-state index contributed by atoms with van der Waals surface area (Å²) >= 11 is 0. The van der Waals surface area contributed by atoms with Gasteiger partial charge in [-0.3, -0.25) is 4.79 Å². The quantitative estimate of drug-likeness (QED) is 0.689. The van der Waals surface area contributed by atoms with Crippen molar-refractivity contribution in [1.82, 2.24) is 4.98 Å². The second-order valence-electron chi connectivity index (χ2n) is 7.18. The molecule has 0 aliphatic heterocycles. The topological polar surface area (TPSA) is 55.1 Å². The fourth-order valence-electron chi connectivity index (χ4n) is 3.61. The van der Waals surface area contributed by atoms with Crippen LogP contribution in [0.3, 0.4) is 0 Å². The largest absolute Gasteiger partial charge is 0.441 e. The van der Waals surface area contributed by atoms with E-state index in [-0.39, 0.29) is 5.91 Å². The van der Waals surface area contributed by atoms with Gasteiger partial charge in [0.25, 0.3) is 0 Å². The lowest BCUT2D eigenvalue weighted by atomic mass is 9.90. The molecule has 1 aromatic heterocycles. The van der Waals surface area contributed by atoms with Gasteiger partial charge in [0.2, 0.25) is 5.91 Å². The Balaban J connectivity index is 1.37. The van der Waals surface area contributed by atoms with E-state index in [0.29, 0.717) is 18.7 Å². The van der Waals surface area contributed by atoms with Crippen LogP contribution >= 0.6 is 0 Å². The fourth-order valence-corrected chi connectivity index (χ4v) is 3.61. The number of rotatable bonds is 5. The van der Waals surface area contributed by atoms with Crippen LogP contribution < -0.4 is 5.32 Å². The summed E-state index contributed by atoms with van der Waals surface area (Å²) in [4.78, 5) is 16.7. The number of aromatic nitrogens is 1. The van der Waals surface area contributed by atoms with Gasteiger partial charge in [0.1, 0.15) is 0 Å². The molecule has 0 saturated heterocycles. The van der Waals surface area contributed by atoms with E-state index in [4.69, 9.17) is 4.42 Å². The van der Waals surface area contributed by atoms with Crippen molar-refractivity contribution in [2.24, 2.45) is 0 Å². The van der Waals surface area contributed by atoms with Crippen LogP contribution in [0.1, 0.15) is 41.8 Å². The van der Waals surface area contributed by atoms with Crippen molar-refractivity contribution in [2.75, 3.05) is 5.32 Å². The standard InChI is InChI=1S/C23H24N2O2/c1-16-9-11-18(12-10-16)21-15-24-23(27-21)14-13-22(26)25-20-8-4-6-17-5-2-3-7-19(17)20/h4,6,8-12,15H,2-3,5,7,13-14H2,1H3,(H,25,26). The number of nitrogens with zero attached hydrogens (tertiary/aromatic N) is 1. The lowest BCUT2D eigenvalue weighted by Crippen LogP contribution is -2.15. The number of carbonyl (C=O) groups excluding carboxylic acids is 1. The zero-order valence-electron chi connectivity index (χ0n) is 15.6. The first-order valence-electron chi connectivity index (χ1n) is 9.61. The summed E-state index contributed by atoms with van der Waals surface area (Å²) in [6.45, 7) is 2.05. The van der Waals surface area contributed by atoms with Crippen molar-refractivity contribution < 1.29 is 9.21 Å². The zero-order chi connectivity index (χ0) is 18.6. The Morgan fingerprint density at radius 1 is 1.11 bits per heavy atom. The second kappa shape index (κ2) is 7.78. The van der Waals surface area contributed by atoms with Crippen molar-refractivity contribution in [2.45, 2.75) is 45.4 Å². The number of fused-ring (bicyclic) bond motifs is 1. The molecule has 4 heteroatoms. The van der Waals surface area contributed by atoms with Gasteiger partial charge in [-0.1, -0.05) is 42.0 Å². The van der Waals surface area contributed by atoms with Crippen molar-refractivity contribution in [3.63, 3.8) is 0 Å². The predicted molar refractivity (Wildman–Crippen MR) is 107 cm³/mol. The van der Waals surface area contributed by atoms with Crippen LogP contribution in [0.15, 0.2) is 53.1 Å². The van der Waals surface area contributed by atoms with Crippen molar-refractivity contribution in [1.29, 1.82) is 0 Å². The average Bonchev–Trinajstić information content (AvgIpc) is 3.16. The molecule has 1 heterocycles. The molecule has 3 aromatic rings. The highest BCUT2D eigenvalue weighted by Gasteiger charge is 2.15. The molecule has 27 heavy (non-hydrogen) atoms. The van der Waals surface area contributed by atoms with Crippen LogP contribution in [0.5, 0.6) is 0 Å². The molecule has 0 spiro atoms. The SMILES string of the molecule is Cc1ccc(-c2cnc(CCC(=O)Nc3cccc4c3CCCC4)o2)cc1. The van der Waals surface area contributed by atoms with E-state index in [0.717, 1.165) is 29.9 Å². The maximum atomic E-state index is 12.4. The van der Waals surface area contributed by atoms with Gasteiger partial charge < -0.3 is 9.73 Å². The third-order valence-electron chi connectivity index (χ3n) is 5.13. The number of nitrogens with one attached hydrogen (secondary N) is 1. The highest BCUT2D eigenvalue weighted by Crippen LogP contribution is 2.28. The first-order valence-corrected chi connectivity index (χ1v) is 9.61. The molecule has 1 aliphatic carbocycles. The van der Waals surface area contributed by atoms with Gasteiger partial charge in [0.05, 0.1) is 6.20 Å². The molecular formula is C23H24N2O2. The Kier molecular flexibility index (Phi) is 5.05. The number of amides is 1. The molecule has 0 saturated carbocycles. The minimum Gasteiger partial charge on any atom is -0.441 e. The third kappa shape index (κ3) is 4.11. The number of hydrogen-bond acceptors (Lipinski definition) is 3. The van der Waals surface area contributed by atoms with Crippen molar-refractivity contribution in [3.8, 4) is 11.3 Å². The molecule has 0 atom stereocenters. The summed E-state index contributed by atoms with van der Waals surface area (Å²) < 4.78 is 5.81. The van der Waals surface area contributed by atoms with E-state index >= 15 is 0 Å². The van der Waals surface area contributed by atoms with Crippen LogP contribution in [0.2, 0.25) is 0 Å². The molecular weight excluding hydrogens is 336 g/mol. The Hall–Kier alpha value is -2.88. The van der Waals surface area contributed by atoms with Crippen LogP contribution in [-0.4, -0.2) is 10.9 Å². The van der Waals surface area contributed by atoms with E-state index in [1.165, 1.54) is 29.5 Å². The second-order valence-corrected chi connectivity index (χ2v) is 7.18. The van der Waals surface area contributed by atoms with Crippen LogP contribution in [0, 0.1) is 6.92 Å². The summed E-state index contributed by atoms with van der Waals surface area (Å²) in [6.07, 6.45) is 7.16. The minimum absolute atomic E-state index is 0.00376. The Morgan fingerprint density at radius 2 is 1.93 bits per heavy atom. The molecule has 1 aliphatic rings. The maximum absolute atomic E-state index is 12.4. The van der Waals surface area contributed by atoms with Crippen molar-refractivity contribution >= 4 is 11.6 Å². The monoisotopic (exact) mass is 360 g/mol. The molecule has 4 nitrogen and oxygen atoms in total. The van der Waals surface area contributed by atoms with E-state index < -0.39 is 0 Å². The van der Waals surface area contributed by atoms with Gasteiger partial charge in [0, 0.05) is 24.1 Å².